The molecular formula is C19H21N3O3. The molecule has 0 atom stereocenters. The first kappa shape index (κ1) is 18.2. The first-order chi connectivity index (χ1) is 11.9. The van der Waals surface area contributed by atoms with E-state index in [1.807, 2.05) is 38.1 Å². The van der Waals surface area contributed by atoms with Gasteiger partial charge in [0.2, 0.25) is 5.91 Å². The second-order valence-corrected chi connectivity index (χ2v) is 5.70. The molecular weight excluding hydrogens is 318 g/mol. The van der Waals surface area contributed by atoms with Crippen LogP contribution in [-0.4, -0.2) is 24.1 Å². The molecule has 2 N–H and O–H groups in total. The normalized spacial score (nSPS) is 10.7. The van der Waals surface area contributed by atoms with Crippen molar-refractivity contribution < 1.29 is 14.3 Å². The van der Waals surface area contributed by atoms with Crippen LogP contribution in [0.25, 0.3) is 0 Å². The van der Waals surface area contributed by atoms with E-state index in [2.05, 4.69) is 15.8 Å². The summed E-state index contributed by atoms with van der Waals surface area (Å²) in [5, 5.41) is 6.58. The van der Waals surface area contributed by atoms with E-state index in [4.69, 9.17) is 4.74 Å². The van der Waals surface area contributed by atoms with E-state index in [1.54, 1.807) is 30.5 Å². The molecule has 2 aromatic rings. The number of anilines is 1. The van der Waals surface area contributed by atoms with Crippen LogP contribution in [0.2, 0.25) is 0 Å². The number of ether oxygens (including phenoxy) is 1. The molecule has 6 nitrogen and oxygen atoms in total. The van der Waals surface area contributed by atoms with Crippen molar-refractivity contribution in [3.05, 3.63) is 59.7 Å². The second-order valence-electron chi connectivity index (χ2n) is 5.70. The summed E-state index contributed by atoms with van der Waals surface area (Å²) >= 11 is 0. The number of hydrazone groups is 1. The van der Waals surface area contributed by atoms with Gasteiger partial charge in [0.1, 0.15) is 5.75 Å². The third kappa shape index (κ3) is 6.10. The molecule has 0 saturated carbocycles. The van der Waals surface area contributed by atoms with Gasteiger partial charge in [-0.2, -0.15) is 5.10 Å². The smallest absolute Gasteiger partial charge is 0.271 e. The van der Waals surface area contributed by atoms with E-state index in [9.17, 15) is 9.59 Å². The van der Waals surface area contributed by atoms with Gasteiger partial charge < -0.3 is 10.1 Å². The molecule has 0 unspecified atom stereocenters. The minimum absolute atomic E-state index is 0.118. The molecule has 0 aliphatic heterocycles. The Kier molecular flexibility index (Phi) is 6.28. The van der Waals surface area contributed by atoms with Gasteiger partial charge in [-0.25, -0.2) is 5.43 Å². The van der Waals surface area contributed by atoms with Crippen molar-refractivity contribution in [2.45, 2.75) is 26.9 Å². The summed E-state index contributed by atoms with van der Waals surface area (Å²) in [6.07, 6.45) is 1.67. The number of nitrogens with zero attached hydrogens (tertiary/aromatic N) is 1. The van der Waals surface area contributed by atoms with Gasteiger partial charge in [-0.3, -0.25) is 9.59 Å². The molecule has 2 rings (SSSR count). The Morgan fingerprint density at radius 2 is 1.84 bits per heavy atom. The number of hydrogen-bond donors (Lipinski definition) is 2. The first-order valence-electron chi connectivity index (χ1n) is 7.92. The standard InChI is InChI=1S/C19H21N3O3/c1-13(2)25-18-9-7-15(8-10-18)12-20-22-19(24)16-5-4-6-17(11-16)21-14(3)23/h4-13H,1-3H3,(H,21,23)(H,22,24). The third-order valence-electron chi connectivity index (χ3n) is 3.08. The molecule has 0 aliphatic carbocycles. The lowest BCUT2D eigenvalue weighted by atomic mass is 10.2. The van der Waals surface area contributed by atoms with Crippen LogP contribution < -0.4 is 15.5 Å². The molecule has 0 aliphatic rings. The predicted molar refractivity (Wildman–Crippen MR) is 98.0 cm³/mol. The zero-order valence-corrected chi connectivity index (χ0v) is 14.4. The summed E-state index contributed by atoms with van der Waals surface area (Å²) in [7, 11) is 0. The van der Waals surface area contributed by atoms with Gasteiger partial charge >= 0.3 is 0 Å². The van der Waals surface area contributed by atoms with Crippen LogP contribution >= 0.6 is 0 Å². The van der Waals surface area contributed by atoms with Crippen LogP contribution in [0.5, 0.6) is 5.75 Å². The Labute approximate surface area is 146 Å². The van der Waals surface area contributed by atoms with Crippen molar-refractivity contribution in [1.29, 1.82) is 0 Å². The fourth-order valence-corrected chi connectivity index (χ4v) is 2.08. The predicted octanol–water partition coefficient (Wildman–Crippen LogP) is 3.20. The van der Waals surface area contributed by atoms with E-state index in [0.29, 0.717) is 11.3 Å². The van der Waals surface area contributed by atoms with Gasteiger partial charge in [0, 0.05) is 18.2 Å². The molecule has 0 radical (unpaired) electrons. The highest BCUT2D eigenvalue weighted by Crippen LogP contribution is 2.13. The number of amides is 2. The highest BCUT2D eigenvalue weighted by molar-refractivity contribution is 5.97. The van der Waals surface area contributed by atoms with E-state index >= 15 is 0 Å². The monoisotopic (exact) mass is 339 g/mol. The molecule has 0 aromatic heterocycles. The maximum Gasteiger partial charge on any atom is 0.271 e. The second kappa shape index (κ2) is 8.63. The number of hydrogen-bond acceptors (Lipinski definition) is 4. The highest BCUT2D eigenvalue weighted by atomic mass is 16.5. The van der Waals surface area contributed by atoms with Crippen molar-refractivity contribution in [2.75, 3.05) is 5.32 Å². The fourth-order valence-electron chi connectivity index (χ4n) is 2.08. The number of carbonyl (C=O) groups excluding carboxylic acids is 2. The Morgan fingerprint density at radius 1 is 1.12 bits per heavy atom. The summed E-state index contributed by atoms with van der Waals surface area (Å²) in [5.74, 6) is 0.231. The van der Waals surface area contributed by atoms with Gasteiger partial charge in [0.15, 0.2) is 0 Å². The average Bonchev–Trinajstić information content (AvgIpc) is 2.55. The lowest BCUT2D eigenvalue weighted by molar-refractivity contribution is -0.114. The summed E-state index contributed by atoms with van der Waals surface area (Å²) < 4.78 is 5.56. The SMILES string of the molecule is CC(=O)Nc1cccc(C(=O)NN=Cc2ccc(OC(C)C)cc2)c1. The molecule has 130 valence electrons. The van der Waals surface area contributed by atoms with Crippen molar-refractivity contribution >= 4 is 23.7 Å². The topological polar surface area (TPSA) is 79.8 Å². The van der Waals surface area contributed by atoms with E-state index in [1.165, 1.54) is 6.92 Å². The fraction of sp³-hybridized carbons (Fsp3) is 0.211. The van der Waals surface area contributed by atoms with Crippen LogP contribution in [0.15, 0.2) is 53.6 Å². The Hall–Kier alpha value is -3.15. The van der Waals surface area contributed by atoms with Crippen LogP contribution in [0.3, 0.4) is 0 Å². The molecule has 2 amide bonds. The largest absolute Gasteiger partial charge is 0.491 e. The molecule has 6 heteroatoms. The summed E-state index contributed by atoms with van der Waals surface area (Å²) in [5.41, 5.74) is 4.26. The minimum Gasteiger partial charge on any atom is -0.491 e. The van der Waals surface area contributed by atoms with Crippen LogP contribution in [-0.2, 0) is 4.79 Å². The number of rotatable bonds is 6. The molecule has 0 heterocycles. The minimum atomic E-state index is -0.358. The van der Waals surface area contributed by atoms with Crippen molar-refractivity contribution in [3.8, 4) is 5.75 Å². The molecule has 25 heavy (non-hydrogen) atoms. The van der Waals surface area contributed by atoms with Crippen molar-refractivity contribution in [1.82, 2.24) is 5.43 Å². The van der Waals surface area contributed by atoms with Crippen LogP contribution in [0, 0.1) is 0 Å². The quantitative estimate of drug-likeness (QED) is 0.626. The summed E-state index contributed by atoms with van der Waals surface area (Å²) in [4.78, 5) is 23.2. The summed E-state index contributed by atoms with van der Waals surface area (Å²) in [6.45, 7) is 5.34. The molecule has 0 fully saturated rings. The third-order valence-corrected chi connectivity index (χ3v) is 3.08. The maximum atomic E-state index is 12.1. The van der Waals surface area contributed by atoms with Gasteiger partial charge in [0.25, 0.3) is 5.91 Å². The summed E-state index contributed by atoms with van der Waals surface area (Å²) in [6, 6.07) is 14.0. The van der Waals surface area contributed by atoms with E-state index in [0.717, 1.165) is 11.3 Å². The zero-order chi connectivity index (χ0) is 18.2. The van der Waals surface area contributed by atoms with Gasteiger partial charge in [-0.05, 0) is 61.9 Å². The number of carbonyl (C=O) groups is 2. The Morgan fingerprint density at radius 3 is 2.48 bits per heavy atom. The first-order valence-corrected chi connectivity index (χ1v) is 7.92. The van der Waals surface area contributed by atoms with Gasteiger partial charge in [0.05, 0.1) is 12.3 Å². The number of nitrogens with one attached hydrogen (secondary N) is 2. The van der Waals surface area contributed by atoms with Crippen LogP contribution in [0.1, 0.15) is 36.7 Å². The number of benzene rings is 2. The van der Waals surface area contributed by atoms with Crippen molar-refractivity contribution in [3.63, 3.8) is 0 Å². The zero-order valence-electron chi connectivity index (χ0n) is 14.4. The van der Waals surface area contributed by atoms with E-state index < -0.39 is 0 Å². The Balaban J connectivity index is 1.95. The van der Waals surface area contributed by atoms with Gasteiger partial charge in [-0.1, -0.05) is 6.07 Å². The molecule has 0 saturated heterocycles. The molecule has 0 bridgehead atoms. The van der Waals surface area contributed by atoms with E-state index in [-0.39, 0.29) is 17.9 Å². The van der Waals surface area contributed by atoms with Crippen LogP contribution in [0.4, 0.5) is 5.69 Å². The average molecular weight is 339 g/mol. The molecule has 2 aromatic carbocycles. The Bertz CT molecular complexity index is 768. The highest BCUT2D eigenvalue weighted by Gasteiger charge is 2.05. The lowest BCUT2D eigenvalue weighted by Gasteiger charge is -2.09. The van der Waals surface area contributed by atoms with Crippen molar-refractivity contribution in [2.24, 2.45) is 5.10 Å². The lowest BCUT2D eigenvalue weighted by Crippen LogP contribution is -2.18. The maximum absolute atomic E-state index is 12.1. The molecule has 0 spiro atoms. The van der Waals surface area contributed by atoms with Gasteiger partial charge in [-0.15, -0.1) is 0 Å².